The van der Waals surface area contributed by atoms with Crippen LogP contribution in [0.2, 0.25) is 5.02 Å². The quantitative estimate of drug-likeness (QED) is 0.639. The zero-order chi connectivity index (χ0) is 18.9. The smallest absolute Gasteiger partial charge is 0.420 e. The lowest BCUT2D eigenvalue weighted by Crippen LogP contribution is -2.22. The minimum absolute atomic E-state index is 0.184. The Balaban J connectivity index is 1.69. The molecule has 0 atom stereocenters. The van der Waals surface area contributed by atoms with Crippen molar-refractivity contribution in [2.24, 2.45) is 0 Å². The molecule has 0 aliphatic rings. The summed E-state index contributed by atoms with van der Waals surface area (Å²) in [6.07, 6.45) is 0. The van der Waals surface area contributed by atoms with Crippen LogP contribution >= 0.6 is 11.6 Å². The maximum atomic E-state index is 12.0. The van der Waals surface area contributed by atoms with Gasteiger partial charge in [0.05, 0.1) is 17.0 Å². The van der Waals surface area contributed by atoms with Crippen molar-refractivity contribution in [3.05, 3.63) is 58.0 Å². The molecule has 7 nitrogen and oxygen atoms in total. The molecule has 0 aliphatic heterocycles. The molecule has 0 saturated heterocycles. The fourth-order valence-corrected chi connectivity index (χ4v) is 3.49. The van der Waals surface area contributed by atoms with Crippen LogP contribution < -0.4 is 10.5 Å². The second kappa shape index (κ2) is 7.14. The molecule has 1 heterocycles. The normalized spacial score (nSPS) is 12.0. The summed E-state index contributed by atoms with van der Waals surface area (Å²) in [7, 11) is -0.530. The van der Waals surface area contributed by atoms with Gasteiger partial charge >= 0.3 is 5.76 Å². The van der Waals surface area contributed by atoms with Crippen LogP contribution in [-0.4, -0.2) is 38.0 Å². The highest BCUT2D eigenvalue weighted by Gasteiger charge is 2.16. The summed E-state index contributed by atoms with van der Waals surface area (Å²) in [5, 5.41) is 0.488. The lowest BCUT2D eigenvalue weighted by Gasteiger charge is -2.12. The summed E-state index contributed by atoms with van der Waals surface area (Å²) in [5.41, 5.74) is 1.05. The Hall–Kier alpha value is -2.29. The average Bonchev–Trinajstić information content (AvgIpc) is 2.90. The molecular formula is C17H17ClN2O5S. The molecule has 0 fully saturated rings. The highest BCUT2D eigenvalue weighted by Crippen LogP contribution is 2.20. The first-order valence-electron chi connectivity index (χ1n) is 7.73. The van der Waals surface area contributed by atoms with Gasteiger partial charge in [0.25, 0.3) is 0 Å². The number of rotatable bonds is 6. The van der Waals surface area contributed by atoms with E-state index in [4.69, 9.17) is 20.8 Å². The van der Waals surface area contributed by atoms with Crippen LogP contribution in [-0.2, 0) is 16.6 Å². The Labute approximate surface area is 155 Å². The maximum absolute atomic E-state index is 12.0. The van der Waals surface area contributed by atoms with Crippen molar-refractivity contribution in [1.29, 1.82) is 0 Å². The van der Waals surface area contributed by atoms with Gasteiger partial charge in [0.1, 0.15) is 12.4 Å². The number of hydrogen-bond donors (Lipinski definition) is 0. The predicted molar refractivity (Wildman–Crippen MR) is 98.3 cm³/mol. The number of sulfonamides is 1. The number of oxazole rings is 1. The predicted octanol–water partition coefficient (Wildman–Crippen LogP) is 2.58. The summed E-state index contributed by atoms with van der Waals surface area (Å²) >= 11 is 5.89. The molecule has 0 bridgehead atoms. The Kier molecular flexibility index (Phi) is 5.08. The Morgan fingerprint density at radius 3 is 2.50 bits per heavy atom. The van der Waals surface area contributed by atoms with Crippen LogP contribution in [0.1, 0.15) is 0 Å². The largest absolute Gasteiger partial charge is 0.492 e. The molecule has 9 heteroatoms. The van der Waals surface area contributed by atoms with Gasteiger partial charge in [-0.2, -0.15) is 0 Å². The lowest BCUT2D eigenvalue weighted by molar-refractivity contribution is 0.294. The van der Waals surface area contributed by atoms with E-state index >= 15 is 0 Å². The summed E-state index contributed by atoms with van der Waals surface area (Å²) < 4.78 is 37.4. The molecule has 1 aromatic heterocycles. The average molecular weight is 397 g/mol. The summed E-state index contributed by atoms with van der Waals surface area (Å²) in [4.78, 5) is 12.1. The number of nitrogens with zero attached hydrogens (tertiary/aromatic N) is 2. The zero-order valence-electron chi connectivity index (χ0n) is 14.2. The van der Waals surface area contributed by atoms with Crippen LogP contribution in [0.3, 0.4) is 0 Å². The van der Waals surface area contributed by atoms with Gasteiger partial charge in [-0.3, -0.25) is 4.57 Å². The van der Waals surface area contributed by atoms with E-state index in [-0.39, 0.29) is 18.0 Å². The molecular weight excluding hydrogens is 380 g/mol. The minimum Gasteiger partial charge on any atom is -0.492 e. The minimum atomic E-state index is -3.47. The van der Waals surface area contributed by atoms with E-state index in [0.29, 0.717) is 21.9 Å². The Morgan fingerprint density at radius 1 is 1.15 bits per heavy atom. The Morgan fingerprint density at radius 2 is 1.85 bits per heavy atom. The van der Waals surface area contributed by atoms with Crippen LogP contribution in [0.25, 0.3) is 11.1 Å². The van der Waals surface area contributed by atoms with E-state index in [1.165, 1.54) is 30.8 Å². The first-order valence-corrected chi connectivity index (χ1v) is 9.55. The third-order valence-corrected chi connectivity index (χ3v) is 5.88. The van der Waals surface area contributed by atoms with Crippen LogP contribution in [0, 0.1) is 0 Å². The lowest BCUT2D eigenvalue weighted by atomic mass is 10.3. The second-order valence-electron chi connectivity index (χ2n) is 5.74. The molecule has 26 heavy (non-hydrogen) atoms. The van der Waals surface area contributed by atoms with Gasteiger partial charge in [0.15, 0.2) is 5.58 Å². The topological polar surface area (TPSA) is 81.8 Å². The maximum Gasteiger partial charge on any atom is 0.420 e. The first kappa shape index (κ1) is 18.5. The molecule has 0 spiro atoms. The van der Waals surface area contributed by atoms with Gasteiger partial charge in [-0.25, -0.2) is 17.5 Å². The number of halogens is 1. The van der Waals surface area contributed by atoms with Crippen LogP contribution in [0.15, 0.2) is 56.6 Å². The van der Waals surface area contributed by atoms with Crippen molar-refractivity contribution < 1.29 is 17.6 Å². The molecule has 0 unspecified atom stereocenters. The first-order chi connectivity index (χ1) is 12.3. The van der Waals surface area contributed by atoms with Crippen molar-refractivity contribution in [2.75, 3.05) is 20.7 Å². The monoisotopic (exact) mass is 396 g/mol. The second-order valence-corrected chi connectivity index (χ2v) is 8.33. The third-order valence-electron chi connectivity index (χ3n) is 3.82. The summed E-state index contributed by atoms with van der Waals surface area (Å²) in [6, 6.07) is 11.1. The molecule has 0 saturated carbocycles. The van der Waals surface area contributed by atoms with Crippen molar-refractivity contribution in [1.82, 2.24) is 8.87 Å². The summed E-state index contributed by atoms with van der Waals surface area (Å²) in [5.74, 6) is 0.0184. The van der Waals surface area contributed by atoms with Gasteiger partial charge < -0.3 is 9.15 Å². The molecule has 0 aliphatic carbocycles. The van der Waals surface area contributed by atoms with Gasteiger partial charge in [0, 0.05) is 25.2 Å². The van der Waals surface area contributed by atoms with Crippen molar-refractivity contribution >= 4 is 32.7 Å². The zero-order valence-corrected chi connectivity index (χ0v) is 15.7. The van der Waals surface area contributed by atoms with Crippen molar-refractivity contribution in [3.8, 4) is 5.75 Å². The van der Waals surface area contributed by atoms with Crippen molar-refractivity contribution in [2.45, 2.75) is 11.4 Å². The highest BCUT2D eigenvalue weighted by atomic mass is 35.5. The van der Waals surface area contributed by atoms with E-state index < -0.39 is 15.8 Å². The number of benzene rings is 2. The SMILES string of the molecule is CN(C)S(=O)(=O)c1ccc(OCCn2c(=O)oc3cc(Cl)ccc32)cc1. The standard InChI is InChI=1S/C17H17ClN2O5S/c1-19(2)26(22,23)14-6-4-13(5-7-14)24-10-9-20-15-8-3-12(18)11-16(15)25-17(20)21/h3-8,11H,9-10H2,1-2H3. The number of hydrogen-bond acceptors (Lipinski definition) is 5. The molecule has 138 valence electrons. The van der Waals surface area contributed by atoms with Crippen LogP contribution in [0.5, 0.6) is 5.75 Å². The van der Waals surface area contributed by atoms with E-state index in [1.54, 1.807) is 30.3 Å². The molecule has 0 N–H and O–H groups in total. The molecule has 3 aromatic rings. The van der Waals surface area contributed by atoms with E-state index in [2.05, 4.69) is 0 Å². The van der Waals surface area contributed by atoms with Gasteiger partial charge in [-0.15, -0.1) is 0 Å². The fraction of sp³-hybridized carbons (Fsp3) is 0.235. The fourth-order valence-electron chi connectivity index (χ4n) is 2.43. The van der Waals surface area contributed by atoms with Gasteiger partial charge in [-0.1, -0.05) is 11.6 Å². The highest BCUT2D eigenvalue weighted by molar-refractivity contribution is 7.89. The molecule has 2 aromatic carbocycles. The molecule has 0 radical (unpaired) electrons. The molecule has 0 amide bonds. The third kappa shape index (κ3) is 3.62. The number of aromatic nitrogens is 1. The van der Waals surface area contributed by atoms with Gasteiger partial charge in [-0.05, 0) is 36.4 Å². The number of fused-ring (bicyclic) bond motifs is 1. The van der Waals surface area contributed by atoms with Gasteiger partial charge in [0.2, 0.25) is 10.0 Å². The summed E-state index contributed by atoms with van der Waals surface area (Å²) in [6.45, 7) is 0.502. The Bertz CT molecular complexity index is 1080. The van der Waals surface area contributed by atoms with E-state index in [9.17, 15) is 13.2 Å². The van der Waals surface area contributed by atoms with E-state index in [1.807, 2.05) is 0 Å². The van der Waals surface area contributed by atoms with Crippen molar-refractivity contribution in [3.63, 3.8) is 0 Å². The van der Waals surface area contributed by atoms with Crippen LogP contribution in [0.4, 0.5) is 0 Å². The van der Waals surface area contributed by atoms with E-state index in [0.717, 1.165) is 4.31 Å². The number of ether oxygens (including phenoxy) is 1. The molecule has 3 rings (SSSR count).